The second-order valence-electron chi connectivity index (χ2n) is 2.70. The maximum absolute atomic E-state index is 10.1. The molecule has 0 aliphatic heterocycles. The molecule has 0 bridgehead atoms. The number of carboxylic acids is 1. The van der Waals surface area contributed by atoms with E-state index < -0.39 is 5.97 Å². The number of hydrazine groups is 1. The van der Waals surface area contributed by atoms with Gasteiger partial charge in [0.25, 0.3) is 0 Å². The lowest BCUT2D eigenvalue weighted by molar-refractivity contribution is -0.136. The molecule has 0 radical (unpaired) electrons. The standard InChI is InChI=1S/C8H18N2O2/c1-2-3-4-6-9-10-7-5-8(11)12/h9-10H,2-7H2,1H3,(H,11,12). The average molecular weight is 174 g/mol. The summed E-state index contributed by atoms with van der Waals surface area (Å²) < 4.78 is 0. The predicted molar refractivity (Wildman–Crippen MR) is 47.8 cm³/mol. The third-order valence-electron chi connectivity index (χ3n) is 1.49. The molecule has 0 aromatic heterocycles. The van der Waals surface area contributed by atoms with Crippen molar-refractivity contribution in [2.24, 2.45) is 0 Å². The van der Waals surface area contributed by atoms with E-state index >= 15 is 0 Å². The third kappa shape index (κ3) is 9.39. The van der Waals surface area contributed by atoms with Gasteiger partial charge in [-0.2, -0.15) is 0 Å². The van der Waals surface area contributed by atoms with Crippen LogP contribution in [0.3, 0.4) is 0 Å². The Hall–Kier alpha value is -0.610. The van der Waals surface area contributed by atoms with Crippen LogP contribution in [0.15, 0.2) is 0 Å². The molecule has 0 amide bonds. The highest BCUT2D eigenvalue weighted by atomic mass is 16.4. The molecule has 0 heterocycles. The molecule has 0 unspecified atom stereocenters. The van der Waals surface area contributed by atoms with Crippen LogP contribution in [0.5, 0.6) is 0 Å². The number of aliphatic carboxylic acids is 1. The zero-order chi connectivity index (χ0) is 9.23. The molecule has 0 aromatic carbocycles. The molecule has 0 rings (SSSR count). The molecule has 4 nitrogen and oxygen atoms in total. The number of rotatable bonds is 8. The van der Waals surface area contributed by atoms with Crippen LogP contribution in [-0.2, 0) is 4.79 Å². The van der Waals surface area contributed by atoms with Gasteiger partial charge in [0.15, 0.2) is 0 Å². The summed E-state index contributed by atoms with van der Waals surface area (Å²) in [6.45, 7) is 3.55. The lowest BCUT2D eigenvalue weighted by Crippen LogP contribution is -2.34. The Morgan fingerprint density at radius 1 is 1.25 bits per heavy atom. The van der Waals surface area contributed by atoms with Gasteiger partial charge in [0.2, 0.25) is 0 Å². The predicted octanol–water partition coefficient (Wildman–Crippen LogP) is 0.745. The molecule has 0 aliphatic rings. The monoisotopic (exact) mass is 174 g/mol. The Labute approximate surface area is 73.3 Å². The van der Waals surface area contributed by atoms with Crippen LogP contribution in [-0.4, -0.2) is 24.2 Å². The minimum atomic E-state index is -0.766. The van der Waals surface area contributed by atoms with Crippen LogP contribution >= 0.6 is 0 Å². The van der Waals surface area contributed by atoms with E-state index in [4.69, 9.17) is 5.11 Å². The second kappa shape index (κ2) is 8.49. The Balaban J connectivity index is 2.86. The molecule has 0 spiro atoms. The van der Waals surface area contributed by atoms with Crippen molar-refractivity contribution < 1.29 is 9.90 Å². The molecular weight excluding hydrogens is 156 g/mol. The normalized spacial score (nSPS) is 10.1. The number of carboxylic acid groups (broad SMARTS) is 1. The van der Waals surface area contributed by atoms with Gasteiger partial charge < -0.3 is 5.11 Å². The lowest BCUT2D eigenvalue weighted by Gasteiger charge is -2.04. The number of hydrogen-bond donors (Lipinski definition) is 3. The van der Waals surface area contributed by atoms with E-state index in [1.165, 1.54) is 12.8 Å². The van der Waals surface area contributed by atoms with Crippen LogP contribution < -0.4 is 10.9 Å². The Kier molecular flexibility index (Phi) is 8.05. The van der Waals surface area contributed by atoms with Gasteiger partial charge in [0.05, 0.1) is 6.42 Å². The van der Waals surface area contributed by atoms with Crippen LogP contribution in [0.4, 0.5) is 0 Å². The van der Waals surface area contributed by atoms with E-state index in [2.05, 4.69) is 17.8 Å². The topological polar surface area (TPSA) is 61.4 Å². The highest BCUT2D eigenvalue weighted by Gasteiger charge is 1.93. The molecule has 3 N–H and O–H groups in total. The van der Waals surface area contributed by atoms with Crippen molar-refractivity contribution in [3.63, 3.8) is 0 Å². The Morgan fingerprint density at radius 2 is 1.92 bits per heavy atom. The molecule has 0 saturated heterocycles. The van der Waals surface area contributed by atoms with Crippen molar-refractivity contribution in [3.8, 4) is 0 Å². The molecule has 0 aliphatic carbocycles. The largest absolute Gasteiger partial charge is 0.481 e. The van der Waals surface area contributed by atoms with E-state index in [1.54, 1.807) is 0 Å². The minimum Gasteiger partial charge on any atom is -0.481 e. The first-order valence-electron chi connectivity index (χ1n) is 4.45. The van der Waals surface area contributed by atoms with Crippen molar-refractivity contribution in [2.75, 3.05) is 13.1 Å². The molecule has 0 atom stereocenters. The average Bonchev–Trinajstić information content (AvgIpc) is 2.02. The van der Waals surface area contributed by atoms with Crippen LogP contribution in [0.2, 0.25) is 0 Å². The SMILES string of the molecule is CCCCCNNCCC(=O)O. The molecule has 72 valence electrons. The minimum absolute atomic E-state index is 0.167. The van der Waals surface area contributed by atoms with Crippen molar-refractivity contribution >= 4 is 5.97 Å². The Morgan fingerprint density at radius 3 is 2.50 bits per heavy atom. The van der Waals surface area contributed by atoms with Gasteiger partial charge in [-0.15, -0.1) is 0 Å². The van der Waals surface area contributed by atoms with E-state index in [0.29, 0.717) is 6.54 Å². The van der Waals surface area contributed by atoms with Crippen LogP contribution in [0.1, 0.15) is 32.6 Å². The fourth-order valence-corrected chi connectivity index (χ4v) is 0.810. The Bertz CT molecular complexity index is 118. The maximum Gasteiger partial charge on any atom is 0.304 e. The van der Waals surface area contributed by atoms with Crippen molar-refractivity contribution in [1.29, 1.82) is 0 Å². The van der Waals surface area contributed by atoms with Gasteiger partial charge in [-0.05, 0) is 6.42 Å². The molecule has 12 heavy (non-hydrogen) atoms. The van der Waals surface area contributed by atoms with Gasteiger partial charge in [-0.25, -0.2) is 0 Å². The van der Waals surface area contributed by atoms with Gasteiger partial charge in [0.1, 0.15) is 0 Å². The van der Waals surface area contributed by atoms with E-state index in [9.17, 15) is 4.79 Å². The number of nitrogens with one attached hydrogen (secondary N) is 2. The fraction of sp³-hybridized carbons (Fsp3) is 0.875. The first-order chi connectivity index (χ1) is 5.77. The van der Waals surface area contributed by atoms with Gasteiger partial charge in [-0.3, -0.25) is 15.6 Å². The summed E-state index contributed by atoms with van der Waals surface area (Å²) in [7, 11) is 0. The number of hydrogen-bond acceptors (Lipinski definition) is 3. The number of unbranched alkanes of at least 4 members (excludes halogenated alkanes) is 2. The zero-order valence-electron chi connectivity index (χ0n) is 7.60. The first kappa shape index (κ1) is 11.4. The highest BCUT2D eigenvalue weighted by Crippen LogP contribution is 1.89. The summed E-state index contributed by atoms with van der Waals surface area (Å²) in [4.78, 5) is 10.1. The third-order valence-corrected chi connectivity index (χ3v) is 1.49. The summed E-state index contributed by atoms with van der Waals surface area (Å²) in [5.74, 6) is -0.766. The molecule has 0 fully saturated rings. The molecule has 0 saturated carbocycles. The van der Waals surface area contributed by atoms with Gasteiger partial charge in [0, 0.05) is 13.1 Å². The van der Waals surface area contributed by atoms with E-state index in [0.717, 1.165) is 13.0 Å². The van der Waals surface area contributed by atoms with Crippen LogP contribution in [0, 0.1) is 0 Å². The first-order valence-corrected chi connectivity index (χ1v) is 4.45. The summed E-state index contributed by atoms with van der Waals surface area (Å²) in [6.07, 6.45) is 3.72. The van der Waals surface area contributed by atoms with Gasteiger partial charge in [-0.1, -0.05) is 19.8 Å². The number of carbonyl (C=O) groups is 1. The van der Waals surface area contributed by atoms with Crippen molar-refractivity contribution in [2.45, 2.75) is 32.6 Å². The molecule has 4 heteroatoms. The van der Waals surface area contributed by atoms with Crippen molar-refractivity contribution in [1.82, 2.24) is 10.9 Å². The lowest BCUT2D eigenvalue weighted by atomic mass is 10.2. The van der Waals surface area contributed by atoms with Crippen LogP contribution in [0.25, 0.3) is 0 Å². The summed E-state index contributed by atoms with van der Waals surface area (Å²) in [5, 5.41) is 8.29. The maximum atomic E-state index is 10.1. The van der Waals surface area contributed by atoms with E-state index in [1.807, 2.05) is 0 Å². The van der Waals surface area contributed by atoms with Gasteiger partial charge >= 0.3 is 5.97 Å². The molecule has 0 aromatic rings. The highest BCUT2D eigenvalue weighted by molar-refractivity contribution is 5.66. The second-order valence-corrected chi connectivity index (χ2v) is 2.70. The summed E-state index contributed by atoms with van der Waals surface area (Å²) in [5.41, 5.74) is 5.81. The fourth-order valence-electron chi connectivity index (χ4n) is 0.810. The van der Waals surface area contributed by atoms with E-state index in [-0.39, 0.29) is 6.42 Å². The molecular formula is C8H18N2O2. The van der Waals surface area contributed by atoms with Crippen molar-refractivity contribution in [3.05, 3.63) is 0 Å². The zero-order valence-corrected chi connectivity index (χ0v) is 7.60. The smallest absolute Gasteiger partial charge is 0.304 e. The summed E-state index contributed by atoms with van der Waals surface area (Å²) >= 11 is 0. The quantitative estimate of drug-likeness (QED) is 0.375. The summed E-state index contributed by atoms with van der Waals surface area (Å²) in [6, 6.07) is 0.